The summed E-state index contributed by atoms with van der Waals surface area (Å²) in [6, 6.07) is 5.07. The minimum absolute atomic E-state index is 0.0805. The van der Waals surface area contributed by atoms with Crippen molar-refractivity contribution in [2.75, 3.05) is 37.4 Å². The van der Waals surface area contributed by atoms with Crippen LogP contribution in [0.4, 0.5) is 30.5 Å². The van der Waals surface area contributed by atoms with Gasteiger partial charge < -0.3 is 15.1 Å². The van der Waals surface area contributed by atoms with Gasteiger partial charge in [0.15, 0.2) is 11.4 Å². The van der Waals surface area contributed by atoms with Crippen LogP contribution in [-0.2, 0) is 6.18 Å². The summed E-state index contributed by atoms with van der Waals surface area (Å²) in [5.74, 6) is 0.783. The molecule has 166 valence electrons. The maximum absolute atomic E-state index is 13.8. The van der Waals surface area contributed by atoms with Crippen molar-refractivity contribution in [1.29, 1.82) is 5.26 Å². The van der Waals surface area contributed by atoms with E-state index < -0.39 is 11.9 Å². The molecule has 0 bridgehead atoms. The molecule has 12 heteroatoms. The molecule has 0 aromatic carbocycles. The highest BCUT2D eigenvalue weighted by Crippen LogP contribution is 2.37. The van der Waals surface area contributed by atoms with Gasteiger partial charge in [-0.25, -0.2) is 19.9 Å². The lowest BCUT2D eigenvalue weighted by Gasteiger charge is -2.24. The number of hydrogen-bond acceptors (Lipinski definition) is 8. The number of anilines is 3. The predicted octanol–water partition coefficient (Wildman–Crippen LogP) is 2.83. The summed E-state index contributed by atoms with van der Waals surface area (Å²) in [4.78, 5) is 19.7. The van der Waals surface area contributed by atoms with E-state index in [9.17, 15) is 13.2 Å². The van der Waals surface area contributed by atoms with E-state index in [1.54, 1.807) is 11.0 Å². The highest BCUT2D eigenvalue weighted by atomic mass is 19.4. The van der Waals surface area contributed by atoms with Crippen LogP contribution in [-0.4, -0.2) is 62.6 Å². The third-order valence-electron chi connectivity index (χ3n) is 5.23. The van der Waals surface area contributed by atoms with Gasteiger partial charge in [-0.3, -0.25) is 4.57 Å². The Morgan fingerprint density at radius 2 is 1.97 bits per heavy atom. The van der Waals surface area contributed by atoms with Gasteiger partial charge in [-0.15, -0.1) is 0 Å². The minimum Gasteiger partial charge on any atom is -0.368 e. The molecule has 32 heavy (non-hydrogen) atoms. The molecule has 1 aliphatic rings. The van der Waals surface area contributed by atoms with Crippen LogP contribution in [0.3, 0.4) is 0 Å². The number of hydrogen-bond donors (Lipinski definition) is 1. The Hall–Kier alpha value is -3.72. The third kappa shape index (κ3) is 4.47. The van der Waals surface area contributed by atoms with Crippen LogP contribution in [0.15, 0.2) is 37.1 Å². The second-order valence-electron chi connectivity index (χ2n) is 7.58. The second-order valence-corrected chi connectivity index (χ2v) is 7.58. The number of rotatable bonds is 5. The van der Waals surface area contributed by atoms with E-state index in [2.05, 4.69) is 25.3 Å². The number of nitriles is 1. The SMILES string of the molecule is CN(C)[C@@H]1CCN(c2ccc(-n3cnc(Nc4cnc(C#N)cn4)c3)nc2C(F)(F)F)C1. The van der Waals surface area contributed by atoms with Gasteiger partial charge in [0.1, 0.15) is 29.9 Å². The van der Waals surface area contributed by atoms with Gasteiger partial charge in [-0.1, -0.05) is 0 Å². The molecule has 0 saturated carbocycles. The Labute approximate surface area is 182 Å². The standard InChI is InChI=1S/C20H20F3N9/c1-30(2)14-5-6-31(10-14)15-3-4-18(29-19(15)20(21,22)23)32-11-17(27-12-32)28-16-9-25-13(7-24)8-26-16/h3-4,8-9,11-12,14H,5-6,10H2,1-2H3,(H,26,28)/t14-/m1/s1. The fraction of sp³-hybridized carbons (Fsp3) is 0.350. The predicted molar refractivity (Wildman–Crippen MR) is 111 cm³/mol. The number of halogens is 3. The van der Waals surface area contributed by atoms with Gasteiger partial charge in [-0.05, 0) is 32.6 Å². The zero-order valence-electron chi connectivity index (χ0n) is 17.4. The molecule has 0 unspecified atom stereocenters. The van der Waals surface area contributed by atoms with Crippen molar-refractivity contribution in [3.63, 3.8) is 0 Å². The molecule has 9 nitrogen and oxygen atoms in total. The van der Waals surface area contributed by atoms with E-state index in [0.717, 1.165) is 6.42 Å². The highest BCUT2D eigenvalue weighted by Gasteiger charge is 2.39. The summed E-state index contributed by atoms with van der Waals surface area (Å²) in [7, 11) is 3.85. The average Bonchev–Trinajstić information content (AvgIpc) is 3.43. The zero-order chi connectivity index (χ0) is 22.9. The van der Waals surface area contributed by atoms with Crippen molar-refractivity contribution in [2.45, 2.75) is 18.6 Å². The maximum atomic E-state index is 13.8. The van der Waals surface area contributed by atoms with Crippen LogP contribution in [0.25, 0.3) is 5.82 Å². The third-order valence-corrected chi connectivity index (χ3v) is 5.23. The number of nitrogens with one attached hydrogen (secondary N) is 1. The van der Waals surface area contributed by atoms with Crippen molar-refractivity contribution >= 4 is 17.3 Å². The first-order valence-electron chi connectivity index (χ1n) is 9.78. The molecule has 4 rings (SSSR count). The lowest BCUT2D eigenvalue weighted by atomic mass is 10.2. The molecule has 0 amide bonds. The van der Waals surface area contributed by atoms with Gasteiger partial charge in [-0.2, -0.15) is 18.4 Å². The molecule has 0 spiro atoms. The van der Waals surface area contributed by atoms with Gasteiger partial charge in [0.25, 0.3) is 0 Å². The van der Waals surface area contributed by atoms with Crippen LogP contribution in [0.5, 0.6) is 0 Å². The van der Waals surface area contributed by atoms with Crippen molar-refractivity contribution < 1.29 is 13.2 Å². The number of likely N-dealkylation sites (N-methyl/N-ethyl adjacent to an activating group) is 1. The summed E-state index contributed by atoms with van der Waals surface area (Å²) >= 11 is 0. The average molecular weight is 443 g/mol. The number of alkyl halides is 3. The highest BCUT2D eigenvalue weighted by molar-refractivity contribution is 5.56. The Morgan fingerprint density at radius 3 is 2.59 bits per heavy atom. The fourth-order valence-corrected chi connectivity index (χ4v) is 3.53. The number of aromatic nitrogens is 5. The largest absolute Gasteiger partial charge is 0.435 e. The molecular formula is C20H20F3N9. The van der Waals surface area contributed by atoms with Crippen LogP contribution < -0.4 is 10.2 Å². The molecule has 3 aromatic heterocycles. The first-order valence-corrected chi connectivity index (χ1v) is 9.78. The Balaban J connectivity index is 1.58. The zero-order valence-corrected chi connectivity index (χ0v) is 17.4. The molecule has 4 heterocycles. The van der Waals surface area contributed by atoms with Crippen LogP contribution in [0.1, 0.15) is 17.8 Å². The smallest absolute Gasteiger partial charge is 0.368 e. The monoisotopic (exact) mass is 443 g/mol. The Bertz CT molecular complexity index is 1130. The summed E-state index contributed by atoms with van der Waals surface area (Å²) < 4.78 is 42.9. The van der Waals surface area contributed by atoms with E-state index in [0.29, 0.717) is 24.7 Å². The maximum Gasteiger partial charge on any atom is 0.435 e. The van der Waals surface area contributed by atoms with E-state index in [-0.39, 0.29) is 23.2 Å². The molecule has 1 fully saturated rings. The van der Waals surface area contributed by atoms with Crippen molar-refractivity contribution in [1.82, 2.24) is 29.4 Å². The Morgan fingerprint density at radius 1 is 1.16 bits per heavy atom. The van der Waals surface area contributed by atoms with Crippen LogP contribution >= 0.6 is 0 Å². The quantitative estimate of drug-likeness (QED) is 0.643. The van der Waals surface area contributed by atoms with Crippen molar-refractivity contribution in [2.24, 2.45) is 0 Å². The van der Waals surface area contributed by atoms with Gasteiger partial charge in [0, 0.05) is 19.1 Å². The molecule has 1 aliphatic heterocycles. The van der Waals surface area contributed by atoms with Crippen LogP contribution in [0, 0.1) is 11.3 Å². The molecule has 1 N–H and O–H groups in total. The molecule has 0 aliphatic carbocycles. The van der Waals surface area contributed by atoms with E-state index >= 15 is 0 Å². The number of imidazole rings is 1. The second kappa shape index (κ2) is 8.43. The summed E-state index contributed by atoms with van der Waals surface area (Å²) in [5, 5.41) is 11.7. The topological polar surface area (TPSA) is 98.8 Å². The molecule has 3 aromatic rings. The van der Waals surface area contributed by atoms with E-state index in [1.807, 2.05) is 25.1 Å². The number of nitrogens with zero attached hydrogens (tertiary/aromatic N) is 8. The molecule has 0 radical (unpaired) electrons. The minimum atomic E-state index is -4.60. The fourth-order valence-electron chi connectivity index (χ4n) is 3.53. The summed E-state index contributed by atoms with van der Waals surface area (Å²) in [6.07, 6.45) is 1.72. The van der Waals surface area contributed by atoms with Gasteiger partial charge in [0.2, 0.25) is 0 Å². The van der Waals surface area contributed by atoms with E-state index in [1.165, 1.54) is 35.6 Å². The van der Waals surface area contributed by atoms with Gasteiger partial charge >= 0.3 is 6.18 Å². The first kappa shape index (κ1) is 21.5. The summed E-state index contributed by atoms with van der Waals surface area (Å²) in [5.41, 5.74) is -0.674. The lowest BCUT2D eigenvalue weighted by molar-refractivity contribution is -0.140. The number of pyridine rings is 1. The lowest BCUT2D eigenvalue weighted by Crippen LogP contribution is -2.32. The van der Waals surface area contributed by atoms with Gasteiger partial charge in [0.05, 0.1) is 24.3 Å². The van der Waals surface area contributed by atoms with Crippen molar-refractivity contribution in [3.8, 4) is 11.9 Å². The van der Waals surface area contributed by atoms with E-state index in [4.69, 9.17) is 5.26 Å². The molecular weight excluding hydrogens is 423 g/mol. The summed E-state index contributed by atoms with van der Waals surface area (Å²) in [6.45, 7) is 1.06. The normalized spacial score (nSPS) is 16.4. The molecule has 1 saturated heterocycles. The van der Waals surface area contributed by atoms with Crippen LogP contribution in [0.2, 0.25) is 0 Å². The molecule has 1 atom stereocenters. The Kier molecular flexibility index (Phi) is 5.67. The first-order chi connectivity index (χ1) is 15.2. The van der Waals surface area contributed by atoms with Crippen molar-refractivity contribution in [3.05, 3.63) is 48.4 Å².